The summed E-state index contributed by atoms with van der Waals surface area (Å²) in [6.45, 7) is 0.193. The Balaban J connectivity index is 1.37. The summed E-state index contributed by atoms with van der Waals surface area (Å²) in [5.74, 6) is -1.36. The van der Waals surface area contributed by atoms with E-state index >= 15 is 0 Å². The van der Waals surface area contributed by atoms with Crippen LogP contribution in [0.15, 0.2) is 64.4 Å². The molecule has 2 aromatic carbocycles. The van der Waals surface area contributed by atoms with E-state index in [9.17, 15) is 27.2 Å². The lowest BCUT2D eigenvalue weighted by Crippen LogP contribution is -2.52. The molecule has 0 bridgehead atoms. The van der Waals surface area contributed by atoms with Crippen LogP contribution in [0.25, 0.3) is 6.08 Å². The molecule has 0 saturated carbocycles. The van der Waals surface area contributed by atoms with Crippen molar-refractivity contribution in [3.63, 3.8) is 0 Å². The van der Waals surface area contributed by atoms with Gasteiger partial charge in [0.1, 0.15) is 11.9 Å². The first-order valence-electron chi connectivity index (χ1n) is 11.1. The predicted molar refractivity (Wildman–Crippen MR) is 130 cm³/mol. The fourth-order valence-electron chi connectivity index (χ4n) is 3.99. The smallest absolute Gasteiger partial charge is 0.293 e. The van der Waals surface area contributed by atoms with Crippen LogP contribution in [-0.4, -0.2) is 60.4 Å². The van der Waals surface area contributed by atoms with E-state index in [1.165, 1.54) is 46.8 Å². The molecule has 2 aromatic rings. The normalized spacial score (nSPS) is 20.4. The molecule has 2 aliphatic heterocycles. The monoisotopic (exact) mass is 517 g/mol. The number of rotatable bonds is 7. The maximum absolute atomic E-state index is 13.1. The third kappa shape index (κ3) is 5.63. The number of imide groups is 1. The van der Waals surface area contributed by atoms with Crippen molar-refractivity contribution in [2.45, 2.75) is 30.2 Å². The first kappa shape index (κ1) is 25.1. The van der Waals surface area contributed by atoms with E-state index < -0.39 is 38.9 Å². The second-order valence-corrected chi connectivity index (χ2v) is 11.0. The van der Waals surface area contributed by atoms with Gasteiger partial charge in [-0.05, 0) is 60.5 Å². The van der Waals surface area contributed by atoms with Crippen LogP contribution in [0.5, 0.6) is 0 Å². The van der Waals surface area contributed by atoms with Gasteiger partial charge in [0.2, 0.25) is 15.9 Å². The summed E-state index contributed by atoms with van der Waals surface area (Å²) in [5, 5.41) is 2.21. The molecule has 4 rings (SSSR count). The van der Waals surface area contributed by atoms with E-state index in [0.717, 1.165) is 23.1 Å². The molecule has 184 valence electrons. The van der Waals surface area contributed by atoms with Gasteiger partial charge >= 0.3 is 0 Å². The number of amides is 3. The van der Waals surface area contributed by atoms with Gasteiger partial charge in [0, 0.05) is 19.6 Å². The van der Waals surface area contributed by atoms with Crippen LogP contribution in [0, 0.1) is 5.82 Å². The summed E-state index contributed by atoms with van der Waals surface area (Å²) < 4.78 is 40.5. The van der Waals surface area contributed by atoms with Gasteiger partial charge in [0.15, 0.2) is 0 Å². The topological polar surface area (TPSA) is 104 Å². The van der Waals surface area contributed by atoms with E-state index in [1.807, 2.05) is 0 Å². The molecule has 2 aliphatic rings. The molecule has 3 amide bonds. The van der Waals surface area contributed by atoms with Crippen molar-refractivity contribution < 1.29 is 27.2 Å². The summed E-state index contributed by atoms with van der Waals surface area (Å²) in [4.78, 5) is 39.2. The average Bonchev–Trinajstić information content (AvgIpc) is 3.13. The highest BCUT2D eigenvalue weighted by atomic mass is 32.2. The van der Waals surface area contributed by atoms with Crippen molar-refractivity contribution in [2.24, 2.45) is 0 Å². The molecule has 0 spiro atoms. The Hall–Kier alpha value is -3.02. The Morgan fingerprint density at radius 3 is 2.51 bits per heavy atom. The van der Waals surface area contributed by atoms with Gasteiger partial charge in [0.05, 0.1) is 9.80 Å². The van der Waals surface area contributed by atoms with Crippen LogP contribution in [0.1, 0.15) is 24.8 Å². The quantitative estimate of drug-likeness (QED) is 0.566. The molecule has 2 saturated heterocycles. The van der Waals surface area contributed by atoms with Crippen LogP contribution in [-0.2, 0) is 19.6 Å². The number of nitrogens with one attached hydrogen (secondary N) is 1. The van der Waals surface area contributed by atoms with Crippen molar-refractivity contribution in [1.29, 1.82) is 0 Å². The van der Waals surface area contributed by atoms with Gasteiger partial charge in [-0.15, -0.1) is 0 Å². The molecule has 0 radical (unpaired) electrons. The zero-order valence-electron chi connectivity index (χ0n) is 18.7. The molecule has 2 heterocycles. The molecule has 1 unspecified atom stereocenters. The predicted octanol–water partition coefficient (Wildman–Crippen LogP) is 3.22. The minimum atomic E-state index is -3.83. The Bertz CT molecular complexity index is 1250. The number of carbonyl (C=O) groups is 3. The van der Waals surface area contributed by atoms with Crippen LogP contribution in [0.4, 0.5) is 9.18 Å². The molecule has 0 aromatic heterocycles. The number of hydrogen-bond acceptors (Lipinski definition) is 6. The number of carbonyl (C=O) groups excluding carboxylic acids is 3. The zero-order valence-corrected chi connectivity index (χ0v) is 20.4. The largest absolute Gasteiger partial charge is 0.353 e. The van der Waals surface area contributed by atoms with Gasteiger partial charge in [-0.1, -0.05) is 36.8 Å². The number of thioether (sulfide) groups is 1. The van der Waals surface area contributed by atoms with Crippen molar-refractivity contribution in [3.8, 4) is 0 Å². The molecule has 1 atom stereocenters. The number of halogens is 1. The van der Waals surface area contributed by atoms with Gasteiger partial charge in [-0.3, -0.25) is 19.3 Å². The Labute approximate surface area is 207 Å². The fourth-order valence-corrected chi connectivity index (χ4v) is 6.54. The second kappa shape index (κ2) is 10.7. The molecule has 35 heavy (non-hydrogen) atoms. The zero-order chi connectivity index (χ0) is 25.0. The Morgan fingerprint density at radius 1 is 1.09 bits per heavy atom. The second-order valence-electron chi connectivity index (χ2n) is 8.12. The lowest BCUT2D eigenvalue weighted by atomic mass is 10.0. The molecule has 2 fully saturated rings. The van der Waals surface area contributed by atoms with Crippen molar-refractivity contribution in [1.82, 2.24) is 14.5 Å². The maximum atomic E-state index is 13.1. The molecular formula is C24H24FN3O5S2. The first-order chi connectivity index (χ1) is 16.8. The fraction of sp³-hybridized carbons (Fsp3) is 0.292. The Morgan fingerprint density at radius 2 is 1.80 bits per heavy atom. The van der Waals surface area contributed by atoms with E-state index in [2.05, 4.69) is 5.32 Å². The number of nitrogens with zero attached hydrogens (tertiary/aromatic N) is 2. The minimum absolute atomic E-state index is 0.00355. The highest BCUT2D eigenvalue weighted by Crippen LogP contribution is 2.32. The highest BCUT2D eigenvalue weighted by Gasteiger charge is 2.38. The van der Waals surface area contributed by atoms with Crippen molar-refractivity contribution >= 4 is 44.9 Å². The standard InChI is InChI=1S/C24H24FN3O5S2/c25-18-11-9-17(10-12-18)16-21-23(30)27(24(31)34-21)15-13-26-22(29)20-8-4-5-14-28(20)35(32,33)19-6-2-1-3-7-19/h1-3,6-7,9-12,16,20H,4-5,8,13-15H2,(H,26,29)/b21-16+. The third-order valence-corrected chi connectivity index (χ3v) is 8.61. The number of hydrogen-bond donors (Lipinski definition) is 1. The van der Waals surface area contributed by atoms with Gasteiger partial charge in [-0.2, -0.15) is 4.31 Å². The SMILES string of the molecule is O=C(NCCN1C(=O)S/C(=C/c2ccc(F)cc2)C1=O)C1CCCCN1S(=O)(=O)c1ccccc1. The summed E-state index contributed by atoms with van der Waals surface area (Å²) in [6.07, 6.45) is 3.28. The van der Waals surface area contributed by atoms with Crippen LogP contribution >= 0.6 is 11.8 Å². The lowest BCUT2D eigenvalue weighted by Gasteiger charge is -2.33. The number of benzene rings is 2. The van der Waals surface area contributed by atoms with Gasteiger partial charge in [-0.25, -0.2) is 12.8 Å². The summed E-state index contributed by atoms with van der Waals surface area (Å²) in [7, 11) is -3.83. The molecule has 1 N–H and O–H groups in total. The summed E-state index contributed by atoms with van der Waals surface area (Å²) in [5.41, 5.74) is 0.585. The molecule has 0 aliphatic carbocycles. The minimum Gasteiger partial charge on any atom is -0.353 e. The number of piperidine rings is 1. The van der Waals surface area contributed by atoms with Crippen LogP contribution in [0.3, 0.4) is 0 Å². The lowest BCUT2D eigenvalue weighted by molar-refractivity contribution is -0.127. The van der Waals surface area contributed by atoms with Crippen molar-refractivity contribution in [2.75, 3.05) is 19.6 Å². The maximum Gasteiger partial charge on any atom is 0.293 e. The van der Waals surface area contributed by atoms with E-state index in [4.69, 9.17) is 0 Å². The van der Waals surface area contributed by atoms with E-state index in [0.29, 0.717) is 18.4 Å². The van der Waals surface area contributed by atoms with Crippen molar-refractivity contribution in [3.05, 3.63) is 70.9 Å². The average molecular weight is 518 g/mol. The van der Waals surface area contributed by atoms with Crippen LogP contribution in [0.2, 0.25) is 0 Å². The molecular weight excluding hydrogens is 493 g/mol. The third-order valence-electron chi connectivity index (χ3n) is 5.78. The van der Waals surface area contributed by atoms with Gasteiger partial charge in [0.25, 0.3) is 11.1 Å². The first-order valence-corrected chi connectivity index (χ1v) is 13.4. The van der Waals surface area contributed by atoms with Gasteiger partial charge < -0.3 is 5.32 Å². The van der Waals surface area contributed by atoms with E-state index in [1.54, 1.807) is 18.2 Å². The highest BCUT2D eigenvalue weighted by molar-refractivity contribution is 8.18. The summed E-state index contributed by atoms with van der Waals surface area (Å²) >= 11 is 0.774. The Kier molecular flexibility index (Phi) is 7.68. The molecule has 8 nitrogen and oxygen atoms in total. The van der Waals surface area contributed by atoms with Crippen LogP contribution < -0.4 is 5.32 Å². The molecule has 11 heteroatoms. The summed E-state index contributed by atoms with van der Waals surface area (Å²) in [6, 6.07) is 12.7. The van der Waals surface area contributed by atoms with E-state index in [-0.39, 0.29) is 29.4 Å². The number of sulfonamides is 1.